The van der Waals surface area contributed by atoms with Crippen LogP contribution >= 0.6 is 0 Å². The summed E-state index contributed by atoms with van der Waals surface area (Å²) in [5.41, 5.74) is 3.81. The first-order valence-electron chi connectivity index (χ1n) is 12.4. The highest BCUT2D eigenvalue weighted by molar-refractivity contribution is 5.71. The Bertz CT molecular complexity index is 1640. The van der Waals surface area contributed by atoms with Gasteiger partial charge in [-0.1, -0.05) is 56.3 Å². The van der Waals surface area contributed by atoms with Crippen LogP contribution in [0.1, 0.15) is 60.7 Å². The second-order valence-electron chi connectivity index (χ2n) is 9.57. The molecule has 8 heteroatoms. The average Bonchev–Trinajstić information content (AvgIpc) is 3.42. The minimum absolute atomic E-state index is 0.0128. The van der Waals surface area contributed by atoms with E-state index in [4.69, 9.17) is 19.1 Å². The van der Waals surface area contributed by atoms with Gasteiger partial charge in [-0.25, -0.2) is 18.7 Å². The summed E-state index contributed by atoms with van der Waals surface area (Å²) in [5.74, 6) is -0.378. The molecule has 0 aliphatic heterocycles. The minimum Gasteiger partial charge on any atom is -0.465 e. The Balaban J connectivity index is 1.71. The number of hydrogen-bond donors (Lipinski definition) is 0. The fourth-order valence-corrected chi connectivity index (χ4v) is 4.62. The van der Waals surface area contributed by atoms with E-state index in [0.29, 0.717) is 28.5 Å². The lowest BCUT2D eigenvalue weighted by Crippen LogP contribution is -2.07. The fraction of sp³-hybridized carbons (Fsp3) is 0.233. The Morgan fingerprint density at radius 1 is 1.03 bits per heavy atom. The van der Waals surface area contributed by atoms with E-state index in [9.17, 15) is 13.6 Å². The molecule has 0 saturated heterocycles. The Kier molecular flexibility index (Phi) is 6.80. The van der Waals surface area contributed by atoms with Gasteiger partial charge < -0.3 is 9.15 Å². The molecule has 0 N–H and O–H groups in total. The van der Waals surface area contributed by atoms with Gasteiger partial charge in [-0.15, -0.1) is 0 Å². The summed E-state index contributed by atoms with van der Waals surface area (Å²) in [6.45, 7) is 7.42. The quantitative estimate of drug-likeness (QED) is 0.223. The van der Waals surface area contributed by atoms with Crippen LogP contribution in [0.3, 0.4) is 0 Å². The molecule has 0 atom stereocenters. The molecule has 6 nitrogen and oxygen atoms in total. The van der Waals surface area contributed by atoms with Crippen LogP contribution in [0, 0.1) is 18.6 Å². The van der Waals surface area contributed by atoms with E-state index in [1.807, 2.05) is 43.3 Å². The number of ether oxygens (including phenoxy) is 1. The summed E-state index contributed by atoms with van der Waals surface area (Å²) in [6, 6.07) is 15.4. The van der Waals surface area contributed by atoms with E-state index in [1.54, 1.807) is 10.6 Å². The Labute approximate surface area is 218 Å². The summed E-state index contributed by atoms with van der Waals surface area (Å²) >= 11 is 0. The number of furan rings is 1. The predicted octanol–water partition coefficient (Wildman–Crippen LogP) is 6.81. The molecule has 0 aliphatic rings. The molecule has 3 heterocycles. The Morgan fingerprint density at radius 2 is 1.79 bits per heavy atom. The molecule has 38 heavy (non-hydrogen) atoms. The van der Waals surface area contributed by atoms with Crippen molar-refractivity contribution < 1.29 is 22.7 Å². The molecule has 0 saturated carbocycles. The maximum atomic E-state index is 14.6. The van der Waals surface area contributed by atoms with Crippen molar-refractivity contribution in [2.45, 2.75) is 46.5 Å². The first kappa shape index (κ1) is 25.3. The highest BCUT2D eigenvalue weighted by Crippen LogP contribution is 2.31. The first-order chi connectivity index (χ1) is 18.2. The first-order valence-corrected chi connectivity index (χ1v) is 12.4. The number of fused-ring (bicyclic) bond motifs is 1. The maximum Gasteiger partial charge on any atom is 0.309 e. The largest absolute Gasteiger partial charge is 0.465 e. The molecule has 0 unspecified atom stereocenters. The second kappa shape index (κ2) is 10.2. The smallest absolute Gasteiger partial charge is 0.309 e. The van der Waals surface area contributed by atoms with Crippen LogP contribution < -0.4 is 4.74 Å². The standard InChI is InChI=1S/C30H27F2N3O3/c1-17(2)28-18(3)13-22(38-28)15-25-30(37-19(4)36)35-16-26(20-9-6-5-7-10-20)33-24(29(35)34-25)14-21-11-8-12-23(31)27(21)32/h5-13,16-17H,14-15H2,1-4H3. The molecular formula is C30H27F2N3O3. The molecule has 0 bridgehead atoms. The van der Waals surface area contributed by atoms with Crippen LogP contribution in [0.5, 0.6) is 5.88 Å². The lowest BCUT2D eigenvalue weighted by molar-refractivity contribution is -0.132. The van der Waals surface area contributed by atoms with Gasteiger partial charge in [-0.05, 0) is 30.2 Å². The van der Waals surface area contributed by atoms with Gasteiger partial charge in [0.05, 0.1) is 17.8 Å². The van der Waals surface area contributed by atoms with Crippen molar-refractivity contribution in [2.75, 3.05) is 0 Å². The van der Waals surface area contributed by atoms with Gasteiger partial charge in [0.1, 0.15) is 17.2 Å². The Morgan fingerprint density at radius 3 is 2.47 bits per heavy atom. The van der Waals surface area contributed by atoms with E-state index in [-0.39, 0.29) is 30.2 Å². The molecule has 0 fully saturated rings. The van der Waals surface area contributed by atoms with Gasteiger partial charge in [0.2, 0.25) is 5.88 Å². The van der Waals surface area contributed by atoms with Crippen LogP contribution in [-0.4, -0.2) is 20.3 Å². The number of carbonyl (C=O) groups excluding carboxylic acids is 1. The zero-order chi connectivity index (χ0) is 27.0. The van der Waals surface area contributed by atoms with Crippen LogP contribution in [0.2, 0.25) is 0 Å². The zero-order valence-electron chi connectivity index (χ0n) is 21.6. The van der Waals surface area contributed by atoms with E-state index >= 15 is 0 Å². The summed E-state index contributed by atoms with van der Waals surface area (Å²) in [4.78, 5) is 21.7. The monoisotopic (exact) mass is 515 g/mol. The van der Waals surface area contributed by atoms with Crippen molar-refractivity contribution in [1.29, 1.82) is 0 Å². The highest BCUT2D eigenvalue weighted by Gasteiger charge is 2.23. The number of rotatable bonds is 7. The number of halogens is 2. The molecule has 0 aliphatic carbocycles. The van der Waals surface area contributed by atoms with Gasteiger partial charge in [-0.3, -0.25) is 9.20 Å². The van der Waals surface area contributed by atoms with E-state index in [1.165, 1.54) is 19.1 Å². The third kappa shape index (κ3) is 4.94. The number of carbonyl (C=O) groups is 1. The normalized spacial score (nSPS) is 11.4. The number of aromatic nitrogens is 3. The number of benzene rings is 2. The highest BCUT2D eigenvalue weighted by atomic mass is 19.2. The zero-order valence-corrected chi connectivity index (χ0v) is 21.6. The van der Waals surface area contributed by atoms with E-state index < -0.39 is 17.6 Å². The van der Waals surface area contributed by atoms with Crippen molar-refractivity contribution in [3.05, 3.63) is 106 Å². The molecule has 2 aromatic carbocycles. The van der Waals surface area contributed by atoms with E-state index in [0.717, 1.165) is 23.0 Å². The lowest BCUT2D eigenvalue weighted by atomic mass is 10.1. The summed E-state index contributed by atoms with van der Waals surface area (Å²) < 4.78 is 42.0. The molecule has 194 valence electrons. The van der Waals surface area contributed by atoms with Crippen LogP contribution in [0.4, 0.5) is 8.78 Å². The third-order valence-electron chi connectivity index (χ3n) is 6.27. The van der Waals surface area contributed by atoms with Crippen molar-refractivity contribution in [3.8, 4) is 17.1 Å². The van der Waals surface area contributed by atoms with Gasteiger partial charge >= 0.3 is 5.97 Å². The average molecular weight is 516 g/mol. The van der Waals surface area contributed by atoms with Crippen molar-refractivity contribution in [2.24, 2.45) is 0 Å². The third-order valence-corrected chi connectivity index (χ3v) is 6.27. The summed E-state index contributed by atoms with van der Waals surface area (Å²) in [7, 11) is 0. The molecular weight excluding hydrogens is 488 g/mol. The fourth-order valence-electron chi connectivity index (χ4n) is 4.62. The second-order valence-corrected chi connectivity index (χ2v) is 9.57. The molecule has 5 aromatic rings. The SMILES string of the molecule is CC(=O)Oc1c(Cc2cc(C)c(C(C)C)o2)nc2c(Cc3cccc(F)c3F)nc(-c3ccccc3)cn12. The van der Waals surface area contributed by atoms with Crippen LogP contribution in [0.15, 0.2) is 65.2 Å². The number of esters is 1. The minimum atomic E-state index is -0.934. The Hall–Kier alpha value is -4.33. The number of hydrogen-bond acceptors (Lipinski definition) is 5. The summed E-state index contributed by atoms with van der Waals surface area (Å²) in [6.07, 6.45) is 1.99. The molecule has 0 radical (unpaired) electrons. The molecule has 0 amide bonds. The van der Waals surface area contributed by atoms with Crippen molar-refractivity contribution in [1.82, 2.24) is 14.4 Å². The topological polar surface area (TPSA) is 69.6 Å². The van der Waals surface area contributed by atoms with Crippen LogP contribution in [0.25, 0.3) is 16.9 Å². The number of aryl methyl sites for hydroxylation is 1. The van der Waals surface area contributed by atoms with Gasteiger partial charge in [0.25, 0.3) is 0 Å². The predicted molar refractivity (Wildman–Crippen MR) is 139 cm³/mol. The number of nitrogens with zero attached hydrogens (tertiary/aromatic N) is 3. The maximum absolute atomic E-state index is 14.6. The van der Waals surface area contributed by atoms with Crippen molar-refractivity contribution >= 4 is 11.6 Å². The van der Waals surface area contributed by atoms with Crippen molar-refractivity contribution in [3.63, 3.8) is 0 Å². The molecule has 5 rings (SSSR count). The number of imidazole rings is 1. The summed E-state index contributed by atoms with van der Waals surface area (Å²) in [5, 5.41) is 0. The molecule has 0 spiro atoms. The molecule has 3 aromatic heterocycles. The van der Waals surface area contributed by atoms with E-state index in [2.05, 4.69) is 13.8 Å². The van der Waals surface area contributed by atoms with Gasteiger partial charge in [0, 0.05) is 31.0 Å². The van der Waals surface area contributed by atoms with Crippen LogP contribution in [-0.2, 0) is 17.6 Å². The van der Waals surface area contributed by atoms with Gasteiger partial charge in [-0.2, -0.15) is 0 Å². The van der Waals surface area contributed by atoms with Gasteiger partial charge in [0.15, 0.2) is 17.3 Å². The lowest BCUT2D eigenvalue weighted by Gasteiger charge is -2.10.